The van der Waals surface area contributed by atoms with E-state index in [1.165, 1.54) is 26.2 Å². The molecule has 22 heavy (non-hydrogen) atoms. The van der Waals surface area contributed by atoms with Crippen LogP contribution in [0.5, 0.6) is 0 Å². The molecule has 0 radical (unpaired) electrons. The monoisotopic (exact) mass is 327 g/mol. The Labute approximate surface area is 132 Å². The normalized spacial score (nSPS) is 12.0. The first kappa shape index (κ1) is 18.4. The van der Waals surface area contributed by atoms with Crippen LogP contribution in [0.25, 0.3) is 0 Å². The van der Waals surface area contributed by atoms with Gasteiger partial charge in [-0.05, 0) is 37.1 Å². The molecule has 0 atom stereocenters. The maximum atomic E-state index is 12.0. The number of carbonyl (C=O) groups is 1. The fourth-order valence-corrected chi connectivity index (χ4v) is 2.61. The predicted octanol–water partition coefficient (Wildman–Crippen LogP) is 1.80. The van der Waals surface area contributed by atoms with Crippen LogP contribution in [-0.4, -0.2) is 35.0 Å². The molecule has 0 saturated heterocycles. The molecule has 0 aliphatic carbocycles. The number of sulfonamides is 1. The van der Waals surface area contributed by atoms with E-state index < -0.39 is 10.0 Å². The molecule has 3 N–H and O–H groups in total. The Bertz CT molecular complexity index is 634. The lowest BCUT2D eigenvalue weighted by Crippen LogP contribution is -2.23. The zero-order valence-electron chi connectivity index (χ0n) is 13.8. The van der Waals surface area contributed by atoms with E-state index in [-0.39, 0.29) is 16.2 Å². The second-order valence-electron chi connectivity index (χ2n) is 6.23. The number of hydrogen-bond acceptors (Lipinski definition) is 4. The van der Waals surface area contributed by atoms with E-state index in [0.717, 1.165) is 6.42 Å². The molecule has 6 nitrogen and oxygen atoms in total. The minimum atomic E-state index is -3.58. The quantitative estimate of drug-likeness (QED) is 0.743. The van der Waals surface area contributed by atoms with E-state index >= 15 is 0 Å². The predicted molar refractivity (Wildman–Crippen MR) is 88.6 cm³/mol. The lowest BCUT2D eigenvalue weighted by Gasteiger charge is -2.19. The van der Waals surface area contributed by atoms with Gasteiger partial charge in [-0.1, -0.05) is 20.8 Å². The smallest absolute Gasteiger partial charge is 0.253 e. The van der Waals surface area contributed by atoms with E-state index in [4.69, 9.17) is 0 Å². The second-order valence-corrected chi connectivity index (χ2v) is 8.12. The van der Waals surface area contributed by atoms with Gasteiger partial charge in [0.15, 0.2) is 0 Å². The van der Waals surface area contributed by atoms with Gasteiger partial charge in [-0.15, -0.1) is 0 Å². The Morgan fingerprint density at radius 1 is 1.18 bits per heavy atom. The summed E-state index contributed by atoms with van der Waals surface area (Å²) in [5.41, 5.74) is 1.11. The first-order valence-corrected chi connectivity index (χ1v) is 8.62. The van der Waals surface area contributed by atoms with Gasteiger partial charge >= 0.3 is 0 Å². The second kappa shape index (κ2) is 7.11. The molecule has 1 aromatic carbocycles. The summed E-state index contributed by atoms with van der Waals surface area (Å²) < 4.78 is 26.0. The average Bonchev–Trinajstić information content (AvgIpc) is 2.45. The van der Waals surface area contributed by atoms with Crippen molar-refractivity contribution in [2.45, 2.75) is 32.1 Å². The van der Waals surface area contributed by atoms with Crippen molar-refractivity contribution in [1.82, 2.24) is 10.0 Å². The topological polar surface area (TPSA) is 87.3 Å². The van der Waals surface area contributed by atoms with Gasteiger partial charge in [0.1, 0.15) is 0 Å². The summed E-state index contributed by atoms with van der Waals surface area (Å²) in [6.07, 6.45) is 0.927. The highest BCUT2D eigenvalue weighted by Crippen LogP contribution is 2.23. The van der Waals surface area contributed by atoms with Crippen LogP contribution in [0.3, 0.4) is 0 Å². The molecule has 0 fully saturated rings. The highest BCUT2D eigenvalue weighted by molar-refractivity contribution is 7.89. The Morgan fingerprint density at radius 2 is 1.82 bits per heavy atom. The summed E-state index contributed by atoms with van der Waals surface area (Å²) >= 11 is 0. The SMILES string of the molecule is CNC(=O)c1cc(S(=O)(=O)NC)ccc1NCCC(C)(C)C. The van der Waals surface area contributed by atoms with Crippen molar-refractivity contribution in [2.75, 3.05) is 26.0 Å². The molecule has 1 rings (SSSR count). The molecule has 0 aliphatic rings. The fourth-order valence-electron chi connectivity index (χ4n) is 1.86. The van der Waals surface area contributed by atoms with Gasteiger partial charge in [-0.2, -0.15) is 0 Å². The third-order valence-corrected chi connectivity index (χ3v) is 4.64. The van der Waals surface area contributed by atoms with Crippen molar-refractivity contribution < 1.29 is 13.2 Å². The van der Waals surface area contributed by atoms with Crippen molar-refractivity contribution in [1.29, 1.82) is 0 Å². The van der Waals surface area contributed by atoms with Crippen molar-refractivity contribution >= 4 is 21.6 Å². The highest BCUT2D eigenvalue weighted by atomic mass is 32.2. The maximum Gasteiger partial charge on any atom is 0.253 e. The summed E-state index contributed by atoms with van der Waals surface area (Å²) in [4.78, 5) is 12.1. The number of amides is 1. The lowest BCUT2D eigenvalue weighted by molar-refractivity contribution is 0.0963. The molecule has 1 amide bonds. The first-order valence-electron chi connectivity index (χ1n) is 7.14. The number of benzene rings is 1. The van der Waals surface area contributed by atoms with Gasteiger partial charge in [0.05, 0.1) is 10.5 Å². The summed E-state index contributed by atoms with van der Waals surface area (Å²) in [5, 5.41) is 5.74. The van der Waals surface area contributed by atoms with Gasteiger partial charge in [0, 0.05) is 19.3 Å². The highest BCUT2D eigenvalue weighted by Gasteiger charge is 2.18. The third-order valence-electron chi connectivity index (χ3n) is 3.23. The number of rotatable bonds is 6. The van der Waals surface area contributed by atoms with E-state index in [1.807, 2.05) is 0 Å². The minimum absolute atomic E-state index is 0.0648. The maximum absolute atomic E-state index is 12.0. The zero-order chi connectivity index (χ0) is 17.0. The minimum Gasteiger partial charge on any atom is -0.384 e. The molecule has 0 saturated carbocycles. The zero-order valence-corrected chi connectivity index (χ0v) is 14.6. The molecular formula is C15H25N3O3S. The Kier molecular flexibility index (Phi) is 5.96. The van der Waals surface area contributed by atoms with Gasteiger partial charge in [0.2, 0.25) is 10.0 Å². The molecule has 7 heteroatoms. The Hall–Kier alpha value is -1.60. The number of hydrogen-bond donors (Lipinski definition) is 3. The Morgan fingerprint density at radius 3 is 2.32 bits per heavy atom. The van der Waals surface area contributed by atoms with E-state index in [0.29, 0.717) is 17.8 Å². The molecule has 0 spiro atoms. The summed E-state index contributed by atoms with van der Waals surface area (Å²) in [7, 11) is -0.729. The van der Waals surface area contributed by atoms with Gasteiger partial charge in [-0.25, -0.2) is 13.1 Å². The standard InChI is InChI=1S/C15H25N3O3S/c1-15(2,3)8-9-18-13-7-6-11(22(20,21)17-5)10-12(13)14(19)16-4/h6-7,10,17-18H,8-9H2,1-5H3,(H,16,19). The van der Waals surface area contributed by atoms with E-state index in [2.05, 4.69) is 36.1 Å². The molecule has 0 aliphatic heterocycles. The van der Waals surface area contributed by atoms with E-state index in [9.17, 15) is 13.2 Å². The van der Waals surface area contributed by atoms with Gasteiger partial charge in [0.25, 0.3) is 5.91 Å². The van der Waals surface area contributed by atoms with Crippen molar-refractivity contribution in [3.05, 3.63) is 23.8 Å². The number of anilines is 1. The first-order chi connectivity index (χ1) is 10.1. The van der Waals surface area contributed by atoms with Gasteiger partial charge in [-0.3, -0.25) is 4.79 Å². The van der Waals surface area contributed by atoms with Crippen LogP contribution in [0.4, 0.5) is 5.69 Å². The van der Waals surface area contributed by atoms with Crippen LogP contribution in [0.2, 0.25) is 0 Å². The molecule has 0 bridgehead atoms. The Balaban J connectivity index is 3.10. The molecule has 1 aromatic rings. The average molecular weight is 327 g/mol. The van der Waals surface area contributed by atoms with Crippen LogP contribution >= 0.6 is 0 Å². The molecule has 0 aromatic heterocycles. The molecule has 0 heterocycles. The molecular weight excluding hydrogens is 302 g/mol. The van der Waals surface area contributed by atoms with Crippen molar-refractivity contribution in [3.63, 3.8) is 0 Å². The van der Waals surface area contributed by atoms with Crippen LogP contribution in [0.15, 0.2) is 23.1 Å². The van der Waals surface area contributed by atoms with Crippen molar-refractivity contribution in [3.8, 4) is 0 Å². The van der Waals surface area contributed by atoms with Crippen LogP contribution in [0.1, 0.15) is 37.6 Å². The molecule has 0 unspecified atom stereocenters. The molecule has 124 valence electrons. The largest absolute Gasteiger partial charge is 0.384 e. The van der Waals surface area contributed by atoms with Gasteiger partial charge < -0.3 is 10.6 Å². The number of carbonyl (C=O) groups excluding carboxylic acids is 1. The fraction of sp³-hybridized carbons (Fsp3) is 0.533. The lowest BCUT2D eigenvalue weighted by atomic mass is 9.92. The van der Waals surface area contributed by atoms with Crippen LogP contribution in [0, 0.1) is 5.41 Å². The summed E-state index contributed by atoms with van der Waals surface area (Å²) in [6.45, 7) is 7.11. The third kappa shape index (κ3) is 4.99. The van der Waals surface area contributed by atoms with Crippen LogP contribution < -0.4 is 15.4 Å². The van der Waals surface area contributed by atoms with E-state index in [1.54, 1.807) is 6.07 Å². The van der Waals surface area contributed by atoms with Crippen LogP contribution in [-0.2, 0) is 10.0 Å². The summed E-state index contributed by atoms with van der Waals surface area (Å²) in [5.74, 6) is -0.327. The number of nitrogens with one attached hydrogen (secondary N) is 3. The van der Waals surface area contributed by atoms with Crippen molar-refractivity contribution in [2.24, 2.45) is 5.41 Å². The summed E-state index contributed by atoms with van der Waals surface area (Å²) in [6, 6.07) is 4.49.